The Labute approximate surface area is 145 Å². The van der Waals surface area contributed by atoms with Gasteiger partial charge >= 0.3 is 0 Å². The first-order valence-electron chi connectivity index (χ1n) is 7.14. The summed E-state index contributed by atoms with van der Waals surface area (Å²) >= 11 is 12.3. The Morgan fingerprint density at radius 3 is 2.30 bits per heavy atom. The molecule has 0 bridgehead atoms. The smallest absolute Gasteiger partial charge is 0.274 e. The van der Waals surface area contributed by atoms with E-state index in [-0.39, 0.29) is 23.7 Å². The van der Waals surface area contributed by atoms with Crippen LogP contribution in [0.15, 0.2) is 41.3 Å². The van der Waals surface area contributed by atoms with Crippen molar-refractivity contribution in [3.05, 3.63) is 62.5 Å². The fourth-order valence-corrected chi connectivity index (χ4v) is 2.44. The largest absolute Gasteiger partial charge is 0.321 e. The van der Waals surface area contributed by atoms with Gasteiger partial charge in [-0.2, -0.15) is 0 Å². The molecule has 0 atom stereocenters. The molecule has 1 aromatic heterocycles. The number of aromatic nitrogens is 1. The van der Waals surface area contributed by atoms with Gasteiger partial charge in [-0.05, 0) is 24.3 Å². The monoisotopic (exact) mass is 352 g/mol. The molecule has 122 valence electrons. The molecule has 2 aromatic rings. The molecular weight excluding hydrogens is 335 g/mol. The maximum atomic E-state index is 12.5. The zero-order valence-corrected chi connectivity index (χ0v) is 14.7. The number of carbonyl (C=O) groups excluding carboxylic acids is 1. The summed E-state index contributed by atoms with van der Waals surface area (Å²) in [7, 11) is 0. The van der Waals surface area contributed by atoms with Crippen LogP contribution in [0.3, 0.4) is 0 Å². The Hall–Kier alpha value is -1.78. The van der Waals surface area contributed by atoms with Crippen LogP contribution in [-0.2, 0) is 11.3 Å². The molecule has 0 saturated carbocycles. The summed E-state index contributed by atoms with van der Waals surface area (Å²) in [6.07, 6.45) is 1.63. The zero-order valence-electron chi connectivity index (χ0n) is 13.2. The standard InChI is InChI=1S/C17H18Cl2N2O2/c1-17(2,3)16(23)20-14-8-5-9-21(15(14)22)10-11-12(18)6-4-7-13(11)19/h4-9H,10H2,1-3H3,(H,20,23). The average molecular weight is 353 g/mol. The van der Waals surface area contributed by atoms with Crippen molar-refractivity contribution in [3.63, 3.8) is 0 Å². The van der Waals surface area contributed by atoms with E-state index in [4.69, 9.17) is 23.2 Å². The Morgan fingerprint density at radius 2 is 1.74 bits per heavy atom. The second-order valence-electron chi connectivity index (χ2n) is 6.26. The number of benzene rings is 1. The van der Waals surface area contributed by atoms with Gasteiger partial charge in [-0.1, -0.05) is 50.0 Å². The molecule has 0 saturated heterocycles. The topological polar surface area (TPSA) is 51.1 Å². The summed E-state index contributed by atoms with van der Waals surface area (Å²) in [4.78, 5) is 24.6. The molecular formula is C17H18Cl2N2O2. The highest BCUT2D eigenvalue weighted by molar-refractivity contribution is 6.35. The number of anilines is 1. The number of amides is 1. The first-order valence-corrected chi connectivity index (χ1v) is 7.89. The van der Waals surface area contributed by atoms with Crippen molar-refractivity contribution in [1.29, 1.82) is 0 Å². The fourth-order valence-electron chi connectivity index (χ4n) is 1.92. The normalized spacial score (nSPS) is 11.3. The molecule has 1 aromatic carbocycles. The number of pyridine rings is 1. The number of carbonyl (C=O) groups is 1. The van der Waals surface area contributed by atoms with Crippen molar-refractivity contribution in [2.24, 2.45) is 5.41 Å². The number of halogens is 2. The summed E-state index contributed by atoms with van der Waals surface area (Å²) in [5.74, 6) is -0.219. The molecule has 1 amide bonds. The molecule has 0 fully saturated rings. The van der Waals surface area contributed by atoms with Crippen molar-refractivity contribution < 1.29 is 4.79 Å². The van der Waals surface area contributed by atoms with Gasteiger partial charge in [0.15, 0.2) is 0 Å². The summed E-state index contributed by atoms with van der Waals surface area (Å²) in [5.41, 5.74) is 0.00742. The molecule has 23 heavy (non-hydrogen) atoms. The van der Waals surface area contributed by atoms with Gasteiger partial charge in [0.05, 0.1) is 6.54 Å². The van der Waals surface area contributed by atoms with Gasteiger partial charge in [-0.25, -0.2) is 0 Å². The van der Waals surface area contributed by atoms with Crippen LogP contribution in [0.4, 0.5) is 5.69 Å². The van der Waals surface area contributed by atoms with E-state index in [2.05, 4.69) is 5.32 Å². The van der Waals surface area contributed by atoms with Crippen LogP contribution < -0.4 is 10.9 Å². The lowest BCUT2D eigenvalue weighted by atomic mass is 9.95. The highest BCUT2D eigenvalue weighted by atomic mass is 35.5. The molecule has 4 nitrogen and oxygen atoms in total. The first kappa shape index (κ1) is 17.6. The second-order valence-corrected chi connectivity index (χ2v) is 7.07. The molecule has 0 radical (unpaired) electrons. The number of nitrogens with one attached hydrogen (secondary N) is 1. The minimum Gasteiger partial charge on any atom is -0.321 e. The first-order chi connectivity index (χ1) is 10.7. The van der Waals surface area contributed by atoms with Crippen molar-refractivity contribution in [2.45, 2.75) is 27.3 Å². The molecule has 6 heteroatoms. The predicted molar refractivity (Wildman–Crippen MR) is 94.4 cm³/mol. The molecule has 0 aliphatic carbocycles. The lowest BCUT2D eigenvalue weighted by molar-refractivity contribution is -0.123. The van der Waals surface area contributed by atoms with Gasteiger partial charge in [-0.3, -0.25) is 9.59 Å². The Balaban J connectivity index is 2.34. The minimum absolute atomic E-state index is 0.219. The van der Waals surface area contributed by atoms with Crippen LogP contribution in [0.2, 0.25) is 10.0 Å². The molecule has 1 N–H and O–H groups in total. The van der Waals surface area contributed by atoms with Crippen LogP contribution in [0.1, 0.15) is 26.3 Å². The molecule has 0 unspecified atom stereocenters. The third-order valence-corrected chi connectivity index (χ3v) is 4.05. The summed E-state index contributed by atoms with van der Waals surface area (Å²) in [6, 6.07) is 8.47. The quantitative estimate of drug-likeness (QED) is 0.900. The highest BCUT2D eigenvalue weighted by Gasteiger charge is 2.22. The predicted octanol–water partition coefficient (Wildman–Crippen LogP) is 4.19. The second kappa shape index (κ2) is 6.77. The fraction of sp³-hybridized carbons (Fsp3) is 0.294. The number of hydrogen-bond acceptors (Lipinski definition) is 2. The molecule has 0 spiro atoms. The van der Waals surface area contributed by atoms with Crippen molar-refractivity contribution in [3.8, 4) is 0 Å². The summed E-state index contributed by atoms with van der Waals surface area (Å²) in [6.45, 7) is 5.59. The Morgan fingerprint density at radius 1 is 1.13 bits per heavy atom. The van der Waals surface area contributed by atoms with Crippen LogP contribution in [0.25, 0.3) is 0 Å². The van der Waals surface area contributed by atoms with E-state index in [1.165, 1.54) is 4.57 Å². The SMILES string of the molecule is CC(C)(C)C(=O)Nc1cccn(Cc2c(Cl)cccc2Cl)c1=O. The number of nitrogens with zero attached hydrogens (tertiary/aromatic N) is 1. The van der Waals surface area contributed by atoms with Crippen LogP contribution in [-0.4, -0.2) is 10.5 Å². The van der Waals surface area contributed by atoms with Gasteiger partial charge in [0, 0.05) is 27.2 Å². The zero-order chi connectivity index (χ0) is 17.2. The maximum Gasteiger partial charge on any atom is 0.274 e. The minimum atomic E-state index is -0.584. The third-order valence-electron chi connectivity index (χ3n) is 3.34. The van der Waals surface area contributed by atoms with Gasteiger partial charge in [0.2, 0.25) is 5.91 Å². The van der Waals surface area contributed by atoms with Crippen molar-refractivity contribution in [2.75, 3.05) is 5.32 Å². The van der Waals surface area contributed by atoms with E-state index in [1.807, 2.05) is 0 Å². The van der Waals surface area contributed by atoms with Gasteiger partial charge in [-0.15, -0.1) is 0 Å². The lowest BCUT2D eigenvalue weighted by Gasteiger charge is -2.18. The van der Waals surface area contributed by atoms with E-state index in [0.717, 1.165) is 0 Å². The van der Waals surface area contributed by atoms with Crippen molar-refractivity contribution in [1.82, 2.24) is 4.57 Å². The van der Waals surface area contributed by atoms with Gasteiger partial charge in [0.1, 0.15) is 5.69 Å². The van der Waals surface area contributed by atoms with E-state index in [9.17, 15) is 9.59 Å². The van der Waals surface area contributed by atoms with E-state index in [1.54, 1.807) is 57.3 Å². The van der Waals surface area contributed by atoms with Crippen LogP contribution in [0, 0.1) is 5.41 Å². The molecule has 0 aliphatic rings. The summed E-state index contributed by atoms with van der Waals surface area (Å²) < 4.78 is 1.46. The van der Waals surface area contributed by atoms with Crippen LogP contribution in [0.5, 0.6) is 0 Å². The maximum absolute atomic E-state index is 12.5. The Kier molecular flexibility index (Phi) is 5.17. The highest BCUT2D eigenvalue weighted by Crippen LogP contribution is 2.25. The number of rotatable bonds is 3. The van der Waals surface area contributed by atoms with E-state index < -0.39 is 5.41 Å². The van der Waals surface area contributed by atoms with E-state index >= 15 is 0 Å². The average Bonchev–Trinajstić information content (AvgIpc) is 2.45. The Bertz CT molecular complexity index is 772. The third kappa shape index (κ3) is 4.15. The lowest BCUT2D eigenvalue weighted by Crippen LogP contribution is -2.32. The van der Waals surface area contributed by atoms with Crippen molar-refractivity contribution >= 4 is 34.8 Å². The molecule has 1 heterocycles. The van der Waals surface area contributed by atoms with Crippen LogP contribution >= 0.6 is 23.2 Å². The number of hydrogen-bond donors (Lipinski definition) is 1. The van der Waals surface area contributed by atoms with E-state index in [0.29, 0.717) is 15.6 Å². The van der Waals surface area contributed by atoms with Gasteiger partial charge in [0.25, 0.3) is 5.56 Å². The molecule has 0 aliphatic heterocycles. The molecule has 2 rings (SSSR count). The summed E-state index contributed by atoms with van der Waals surface area (Å²) in [5, 5.41) is 3.66. The van der Waals surface area contributed by atoms with Gasteiger partial charge < -0.3 is 9.88 Å².